The van der Waals surface area contributed by atoms with Crippen LogP contribution >= 0.6 is 0 Å². The van der Waals surface area contributed by atoms with Gasteiger partial charge in [0.1, 0.15) is 12.4 Å². The number of fused-ring (bicyclic) bond motifs is 1. The maximum atomic E-state index is 12.2. The summed E-state index contributed by atoms with van der Waals surface area (Å²) in [7, 11) is 0. The zero-order valence-corrected chi connectivity index (χ0v) is 14.7. The van der Waals surface area contributed by atoms with E-state index < -0.39 is 0 Å². The zero-order valence-electron chi connectivity index (χ0n) is 14.7. The van der Waals surface area contributed by atoms with Crippen LogP contribution in [-0.4, -0.2) is 11.9 Å². The van der Waals surface area contributed by atoms with Crippen LogP contribution < -0.4 is 10.1 Å². The van der Waals surface area contributed by atoms with Gasteiger partial charge in [0.2, 0.25) is 0 Å². The minimum Gasteiger partial charge on any atom is -0.489 e. The number of hydrogen-bond donors (Lipinski definition) is 1. The first-order chi connectivity index (χ1) is 12.2. The van der Waals surface area contributed by atoms with Crippen LogP contribution in [0.25, 0.3) is 10.8 Å². The zero-order chi connectivity index (χ0) is 17.6. The molecular formula is C22H23NO2. The molecule has 3 rings (SSSR count). The van der Waals surface area contributed by atoms with Crippen LogP contribution in [-0.2, 0) is 6.61 Å². The van der Waals surface area contributed by atoms with Crippen LogP contribution in [0, 0.1) is 0 Å². The first kappa shape index (κ1) is 17.0. The Labute approximate surface area is 148 Å². The van der Waals surface area contributed by atoms with E-state index in [1.807, 2.05) is 73.7 Å². The van der Waals surface area contributed by atoms with Gasteiger partial charge in [-0.15, -0.1) is 0 Å². The highest BCUT2D eigenvalue weighted by Gasteiger charge is 2.09. The predicted octanol–water partition coefficient (Wildman–Crippen LogP) is 4.95. The molecule has 0 heterocycles. The number of carbonyl (C=O) groups is 1. The number of benzene rings is 3. The molecule has 0 spiro atoms. The van der Waals surface area contributed by atoms with Gasteiger partial charge in [-0.1, -0.05) is 49.4 Å². The highest BCUT2D eigenvalue weighted by molar-refractivity contribution is 5.98. The van der Waals surface area contributed by atoms with Crippen LogP contribution in [0.5, 0.6) is 5.75 Å². The Bertz CT molecular complexity index is 858. The van der Waals surface area contributed by atoms with Gasteiger partial charge >= 0.3 is 0 Å². The van der Waals surface area contributed by atoms with Gasteiger partial charge in [0, 0.05) is 11.6 Å². The summed E-state index contributed by atoms with van der Waals surface area (Å²) >= 11 is 0. The third-order valence-electron chi connectivity index (χ3n) is 4.31. The molecule has 1 unspecified atom stereocenters. The summed E-state index contributed by atoms with van der Waals surface area (Å²) in [6.07, 6.45) is 0.918. The predicted molar refractivity (Wildman–Crippen MR) is 102 cm³/mol. The maximum absolute atomic E-state index is 12.2. The van der Waals surface area contributed by atoms with E-state index in [0.29, 0.717) is 12.2 Å². The fraction of sp³-hybridized carbons (Fsp3) is 0.227. The summed E-state index contributed by atoms with van der Waals surface area (Å²) in [5, 5.41) is 5.09. The van der Waals surface area contributed by atoms with Gasteiger partial charge in [0.15, 0.2) is 0 Å². The van der Waals surface area contributed by atoms with Crippen molar-refractivity contribution in [2.45, 2.75) is 32.9 Å². The minimum atomic E-state index is -0.0272. The first-order valence-electron chi connectivity index (χ1n) is 8.67. The molecule has 128 valence electrons. The lowest BCUT2D eigenvalue weighted by molar-refractivity contribution is 0.0939. The fourth-order valence-corrected chi connectivity index (χ4v) is 2.60. The van der Waals surface area contributed by atoms with Crippen molar-refractivity contribution >= 4 is 16.7 Å². The van der Waals surface area contributed by atoms with Crippen LogP contribution in [0.15, 0.2) is 66.7 Å². The Hall–Kier alpha value is -2.81. The first-order valence-corrected chi connectivity index (χ1v) is 8.67. The third-order valence-corrected chi connectivity index (χ3v) is 4.31. The number of rotatable bonds is 6. The summed E-state index contributed by atoms with van der Waals surface area (Å²) in [5.74, 6) is 0.800. The molecule has 0 fully saturated rings. The minimum absolute atomic E-state index is 0.0272. The van der Waals surface area contributed by atoms with Crippen LogP contribution in [0.1, 0.15) is 36.2 Å². The Balaban J connectivity index is 1.73. The van der Waals surface area contributed by atoms with Crippen LogP contribution in [0.3, 0.4) is 0 Å². The van der Waals surface area contributed by atoms with E-state index in [9.17, 15) is 4.79 Å². The van der Waals surface area contributed by atoms with Gasteiger partial charge in [0.05, 0.1) is 0 Å². The average Bonchev–Trinajstić information content (AvgIpc) is 2.66. The lowest BCUT2D eigenvalue weighted by atomic mass is 10.1. The van der Waals surface area contributed by atoms with Crippen LogP contribution in [0.2, 0.25) is 0 Å². The smallest absolute Gasteiger partial charge is 0.251 e. The molecule has 0 aromatic heterocycles. The molecule has 0 bridgehead atoms. The molecule has 3 aromatic rings. The lowest BCUT2D eigenvalue weighted by Gasteiger charge is -2.12. The standard InChI is InChI=1S/C22H23NO2/c1-3-16(2)23-22(24)20-10-9-19-14-21(12-11-18(19)13-20)25-15-17-7-5-4-6-8-17/h4-14,16H,3,15H2,1-2H3,(H,23,24). The second-order valence-corrected chi connectivity index (χ2v) is 6.28. The molecule has 0 aliphatic carbocycles. The molecule has 3 heteroatoms. The van der Waals surface area contributed by atoms with Gasteiger partial charge in [-0.2, -0.15) is 0 Å². The number of nitrogens with one attached hydrogen (secondary N) is 1. The topological polar surface area (TPSA) is 38.3 Å². The molecule has 1 amide bonds. The van der Waals surface area contributed by atoms with Crippen molar-refractivity contribution in [3.05, 3.63) is 77.9 Å². The van der Waals surface area contributed by atoms with E-state index in [0.717, 1.165) is 28.5 Å². The second-order valence-electron chi connectivity index (χ2n) is 6.28. The van der Waals surface area contributed by atoms with E-state index >= 15 is 0 Å². The largest absolute Gasteiger partial charge is 0.489 e. The number of ether oxygens (including phenoxy) is 1. The van der Waals surface area contributed by atoms with E-state index in [2.05, 4.69) is 12.2 Å². The molecule has 0 saturated heterocycles. The highest BCUT2D eigenvalue weighted by atomic mass is 16.5. The van der Waals surface area contributed by atoms with Crippen molar-refractivity contribution in [1.82, 2.24) is 5.32 Å². The molecule has 0 saturated carbocycles. The Kier molecular flexibility index (Phi) is 5.34. The third kappa shape index (κ3) is 4.38. The summed E-state index contributed by atoms with van der Waals surface area (Å²) in [4.78, 5) is 12.2. The van der Waals surface area contributed by atoms with Gasteiger partial charge in [0.25, 0.3) is 5.91 Å². The van der Waals surface area contributed by atoms with Crippen molar-refractivity contribution < 1.29 is 9.53 Å². The van der Waals surface area contributed by atoms with Gasteiger partial charge in [-0.3, -0.25) is 4.79 Å². The molecular weight excluding hydrogens is 310 g/mol. The van der Waals surface area contributed by atoms with Crippen molar-refractivity contribution in [3.63, 3.8) is 0 Å². The molecule has 1 atom stereocenters. The molecule has 3 nitrogen and oxygen atoms in total. The Morgan fingerprint density at radius 3 is 2.48 bits per heavy atom. The number of hydrogen-bond acceptors (Lipinski definition) is 2. The van der Waals surface area contributed by atoms with Crippen molar-refractivity contribution in [2.24, 2.45) is 0 Å². The Morgan fingerprint density at radius 1 is 1.00 bits per heavy atom. The summed E-state index contributed by atoms with van der Waals surface area (Å²) in [5.41, 5.74) is 1.82. The van der Waals surface area contributed by atoms with E-state index in [1.54, 1.807) is 0 Å². The Morgan fingerprint density at radius 2 is 1.72 bits per heavy atom. The maximum Gasteiger partial charge on any atom is 0.251 e. The molecule has 0 radical (unpaired) electrons. The van der Waals surface area contributed by atoms with E-state index in [1.165, 1.54) is 0 Å². The van der Waals surface area contributed by atoms with Crippen molar-refractivity contribution in [1.29, 1.82) is 0 Å². The van der Waals surface area contributed by atoms with Crippen molar-refractivity contribution in [2.75, 3.05) is 0 Å². The number of amides is 1. The van der Waals surface area contributed by atoms with Crippen molar-refractivity contribution in [3.8, 4) is 5.75 Å². The summed E-state index contributed by atoms with van der Waals surface area (Å²) < 4.78 is 5.87. The quantitative estimate of drug-likeness (QED) is 0.693. The fourth-order valence-electron chi connectivity index (χ4n) is 2.60. The van der Waals surface area contributed by atoms with E-state index in [4.69, 9.17) is 4.74 Å². The SMILES string of the molecule is CCC(C)NC(=O)c1ccc2cc(OCc3ccccc3)ccc2c1. The van der Waals surface area contributed by atoms with Gasteiger partial charge in [-0.05, 0) is 53.9 Å². The lowest BCUT2D eigenvalue weighted by Crippen LogP contribution is -2.31. The molecule has 3 aromatic carbocycles. The molecule has 0 aliphatic heterocycles. The summed E-state index contributed by atoms with van der Waals surface area (Å²) in [6, 6.07) is 22.0. The molecule has 25 heavy (non-hydrogen) atoms. The molecule has 1 N–H and O–H groups in total. The van der Waals surface area contributed by atoms with Gasteiger partial charge < -0.3 is 10.1 Å². The average molecular weight is 333 g/mol. The van der Waals surface area contributed by atoms with E-state index in [-0.39, 0.29) is 11.9 Å². The normalized spacial score (nSPS) is 11.9. The monoisotopic (exact) mass is 333 g/mol. The number of carbonyl (C=O) groups excluding carboxylic acids is 1. The molecule has 0 aliphatic rings. The van der Waals surface area contributed by atoms with Crippen LogP contribution in [0.4, 0.5) is 0 Å². The van der Waals surface area contributed by atoms with Gasteiger partial charge in [-0.25, -0.2) is 0 Å². The second kappa shape index (κ2) is 7.84. The highest BCUT2D eigenvalue weighted by Crippen LogP contribution is 2.23. The summed E-state index contributed by atoms with van der Waals surface area (Å²) in [6.45, 7) is 4.61.